The summed E-state index contributed by atoms with van der Waals surface area (Å²) in [7, 11) is 0. The lowest BCUT2D eigenvalue weighted by Gasteiger charge is -2.22. The first-order valence-electron chi connectivity index (χ1n) is 14.9. The molecule has 2 heterocycles. The van der Waals surface area contributed by atoms with Gasteiger partial charge in [0.05, 0.1) is 11.2 Å². The summed E-state index contributed by atoms with van der Waals surface area (Å²) in [6, 6.07) is 44.4. The summed E-state index contributed by atoms with van der Waals surface area (Å²) < 4.78 is 6.12. The van der Waals surface area contributed by atoms with E-state index in [0.717, 1.165) is 50.2 Å². The smallest absolute Gasteiger partial charge is 0.227 e. The van der Waals surface area contributed by atoms with E-state index in [1.165, 1.54) is 33.0 Å². The molecule has 0 atom stereocenters. The Kier molecular flexibility index (Phi) is 5.21. The van der Waals surface area contributed by atoms with Crippen molar-refractivity contribution in [2.45, 2.75) is 19.3 Å². The minimum Gasteiger partial charge on any atom is -0.436 e. The molecule has 9 rings (SSSR count). The molecule has 2 aromatic heterocycles. The molecule has 208 valence electrons. The van der Waals surface area contributed by atoms with Crippen molar-refractivity contribution in [1.29, 1.82) is 0 Å². The first kappa shape index (κ1) is 24.9. The van der Waals surface area contributed by atoms with E-state index in [1.54, 1.807) is 0 Å². The highest BCUT2D eigenvalue weighted by atomic mass is 16.3. The molecule has 0 saturated heterocycles. The summed E-state index contributed by atoms with van der Waals surface area (Å²) in [4.78, 5) is 15.0. The van der Waals surface area contributed by atoms with Gasteiger partial charge in [-0.25, -0.2) is 15.0 Å². The zero-order valence-corrected chi connectivity index (χ0v) is 24.4. The molecule has 1 aliphatic rings. The molecule has 0 N–H and O–H groups in total. The van der Waals surface area contributed by atoms with Gasteiger partial charge in [0.2, 0.25) is 5.89 Å². The molecule has 0 radical (unpaired) electrons. The average molecular weight is 566 g/mol. The summed E-state index contributed by atoms with van der Waals surface area (Å²) in [5, 5.41) is 3.43. The molecule has 0 unspecified atom stereocenters. The van der Waals surface area contributed by atoms with Crippen LogP contribution in [0.4, 0.5) is 0 Å². The molecular formula is C40H27N3O. The van der Waals surface area contributed by atoms with E-state index in [2.05, 4.69) is 111 Å². The largest absolute Gasteiger partial charge is 0.436 e. The highest BCUT2D eigenvalue weighted by Crippen LogP contribution is 2.51. The van der Waals surface area contributed by atoms with Gasteiger partial charge in [-0.1, -0.05) is 98.8 Å². The van der Waals surface area contributed by atoms with E-state index in [0.29, 0.717) is 5.89 Å². The van der Waals surface area contributed by atoms with Gasteiger partial charge in [-0.2, -0.15) is 0 Å². The third kappa shape index (κ3) is 3.74. The Labute approximate surface area is 254 Å². The molecule has 8 aromatic rings. The van der Waals surface area contributed by atoms with Crippen LogP contribution in [-0.2, 0) is 5.41 Å². The van der Waals surface area contributed by atoms with Crippen molar-refractivity contribution in [1.82, 2.24) is 15.0 Å². The van der Waals surface area contributed by atoms with Gasteiger partial charge < -0.3 is 4.42 Å². The van der Waals surface area contributed by atoms with Gasteiger partial charge in [0.15, 0.2) is 11.4 Å². The Morgan fingerprint density at radius 3 is 2.00 bits per heavy atom. The SMILES string of the molecule is CC1(C)c2cc(-c3nc4ccccc4o3)ccc2-c2ccc(-c3nc(-c4ccc5ccccc5c4)nc4ccccc34)cc21. The molecule has 0 bridgehead atoms. The lowest BCUT2D eigenvalue weighted by molar-refractivity contribution is 0.618. The maximum atomic E-state index is 6.12. The molecule has 0 saturated carbocycles. The number of hydrogen-bond acceptors (Lipinski definition) is 4. The van der Waals surface area contributed by atoms with Crippen LogP contribution in [0.2, 0.25) is 0 Å². The second kappa shape index (κ2) is 9.19. The van der Waals surface area contributed by atoms with Crippen molar-refractivity contribution in [2.75, 3.05) is 0 Å². The highest BCUT2D eigenvalue weighted by Gasteiger charge is 2.36. The molecule has 0 aliphatic heterocycles. The molecule has 1 aliphatic carbocycles. The first-order chi connectivity index (χ1) is 21.5. The topological polar surface area (TPSA) is 51.8 Å². The second-order valence-corrected chi connectivity index (χ2v) is 12.1. The van der Waals surface area contributed by atoms with Gasteiger partial charge in [0, 0.05) is 27.5 Å². The summed E-state index contributed by atoms with van der Waals surface area (Å²) in [6.45, 7) is 4.60. The fourth-order valence-corrected chi connectivity index (χ4v) is 6.77. The maximum absolute atomic E-state index is 6.12. The standard InChI is InChI=1S/C40H27N3O/c1-40(2)32-22-26(17-19-29(32)30-20-18-28(23-33(30)40)39-42-35-13-7-8-14-36(35)44-39)37-31-11-5-6-12-34(31)41-38(43-37)27-16-15-24-9-3-4-10-25(24)21-27/h3-23H,1-2H3. The van der Waals surface area contributed by atoms with Crippen LogP contribution < -0.4 is 0 Å². The zero-order chi connectivity index (χ0) is 29.4. The fraction of sp³-hybridized carbons (Fsp3) is 0.0750. The normalized spacial score (nSPS) is 13.4. The third-order valence-corrected chi connectivity index (χ3v) is 9.10. The van der Waals surface area contributed by atoms with Crippen LogP contribution in [-0.4, -0.2) is 15.0 Å². The van der Waals surface area contributed by atoms with Crippen molar-refractivity contribution in [3.8, 4) is 45.2 Å². The van der Waals surface area contributed by atoms with E-state index in [4.69, 9.17) is 19.4 Å². The van der Waals surface area contributed by atoms with Crippen molar-refractivity contribution < 1.29 is 4.42 Å². The molecule has 6 aromatic carbocycles. The van der Waals surface area contributed by atoms with E-state index >= 15 is 0 Å². The number of nitrogens with zero attached hydrogens (tertiary/aromatic N) is 3. The van der Waals surface area contributed by atoms with Crippen molar-refractivity contribution in [3.63, 3.8) is 0 Å². The number of para-hydroxylation sites is 3. The van der Waals surface area contributed by atoms with Crippen LogP contribution in [0.25, 0.3) is 78.0 Å². The van der Waals surface area contributed by atoms with Gasteiger partial charge in [-0.15, -0.1) is 0 Å². The van der Waals surface area contributed by atoms with Gasteiger partial charge >= 0.3 is 0 Å². The van der Waals surface area contributed by atoms with Gasteiger partial charge in [-0.05, 0) is 75.5 Å². The Balaban J connectivity index is 1.17. The monoisotopic (exact) mass is 565 g/mol. The van der Waals surface area contributed by atoms with Crippen LogP contribution in [0.5, 0.6) is 0 Å². The number of benzene rings is 6. The van der Waals surface area contributed by atoms with E-state index < -0.39 is 0 Å². The van der Waals surface area contributed by atoms with Crippen LogP contribution in [0.1, 0.15) is 25.0 Å². The van der Waals surface area contributed by atoms with Crippen molar-refractivity contribution in [3.05, 3.63) is 139 Å². The fourth-order valence-electron chi connectivity index (χ4n) is 6.77. The molecule has 0 amide bonds. The highest BCUT2D eigenvalue weighted by molar-refractivity contribution is 5.96. The number of oxazole rings is 1. The summed E-state index contributed by atoms with van der Waals surface area (Å²) in [5.74, 6) is 1.38. The Morgan fingerprint density at radius 2 is 1.18 bits per heavy atom. The number of aromatic nitrogens is 3. The maximum Gasteiger partial charge on any atom is 0.227 e. The van der Waals surface area contributed by atoms with E-state index in [1.807, 2.05) is 30.3 Å². The van der Waals surface area contributed by atoms with Crippen LogP contribution in [0.15, 0.2) is 132 Å². The first-order valence-corrected chi connectivity index (χ1v) is 14.9. The predicted molar refractivity (Wildman–Crippen MR) is 178 cm³/mol. The number of fused-ring (bicyclic) bond motifs is 6. The zero-order valence-electron chi connectivity index (χ0n) is 24.4. The predicted octanol–water partition coefficient (Wildman–Crippen LogP) is 10.2. The molecule has 44 heavy (non-hydrogen) atoms. The van der Waals surface area contributed by atoms with Crippen LogP contribution >= 0.6 is 0 Å². The Hall–Kier alpha value is -5.61. The summed E-state index contributed by atoms with van der Waals surface area (Å²) in [6.07, 6.45) is 0. The van der Waals surface area contributed by atoms with Crippen molar-refractivity contribution >= 4 is 32.8 Å². The lowest BCUT2D eigenvalue weighted by Crippen LogP contribution is -2.15. The molecule has 4 heteroatoms. The molecular weight excluding hydrogens is 538 g/mol. The summed E-state index contributed by atoms with van der Waals surface area (Å²) >= 11 is 0. The van der Waals surface area contributed by atoms with Crippen LogP contribution in [0.3, 0.4) is 0 Å². The quantitative estimate of drug-likeness (QED) is 0.214. The lowest BCUT2D eigenvalue weighted by atomic mass is 9.81. The van der Waals surface area contributed by atoms with Crippen molar-refractivity contribution in [2.24, 2.45) is 0 Å². The van der Waals surface area contributed by atoms with E-state index in [9.17, 15) is 0 Å². The minimum absolute atomic E-state index is 0.216. The summed E-state index contributed by atoms with van der Waals surface area (Å²) in [5.41, 5.74) is 11.5. The Morgan fingerprint density at radius 1 is 0.523 bits per heavy atom. The molecule has 0 fully saturated rings. The van der Waals surface area contributed by atoms with Gasteiger partial charge in [-0.3, -0.25) is 0 Å². The average Bonchev–Trinajstić information content (AvgIpc) is 3.60. The van der Waals surface area contributed by atoms with E-state index in [-0.39, 0.29) is 5.41 Å². The van der Waals surface area contributed by atoms with Gasteiger partial charge in [0.25, 0.3) is 0 Å². The van der Waals surface area contributed by atoms with Gasteiger partial charge in [0.1, 0.15) is 5.52 Å². The number of rotatable bonds is 3. The number of hydrogen-bond donors (Lipinski definition) is 0. The second-order valence-electron chi connectivity index (χ2n) is 12.1. The third-order valence-electron chi connectivity index (χ3n) is 9.10. The minimum atomic E-state index is -0.216. The molecule has 4 nitrogen and oxygen atoms in total. The van der Waals surface area contributed by atoms with Crippen LogP contribution in [0, 0.1) is 0 Å². The molecule has 0 spiro atoms. The Bertz CT molecular complexity index is 2400.